The lowest BCUT2D eigenvalue weighted by atomic mass is 10.1. The molecule has 0 aromatic rings. The fourth-order valence-electron chi connectivity index (χ4n) is 2.42. The zero-order valence-corrected chi connectivity index (χ0v) is 14.3. The van der Waals surface area contributed by atoms with E-state index in [1.54, 1.807) is 0 Å². The number of nitroso groups, excluding NO2 is 1. The van der Waals surface area contributed by atoms with E-state index < -0.39 is 5.72 Å². The molecule has 1 unspecified atom stereocenters. The molecule has 0 aromatic carbocycles. The fourth-order valence-corrected chi connectivity index (χ4v) is 2.42. The highest BCUT2D eigenvalue weighted by atomic mass is 16.5. The highest BCUT2D eigenvalue weighted by Gasteiger charge is 2.26. The SMILES string of the molecule is CCCCCCCCCCCCOCCC(O)(CCO)N=O. The minimum Gasteiger partial charge on any atom is -0.396 e. The fraction of sp³-hybridized carbons (Fsp3) is 1.00. The Morgan fingerprint density at radius 1 is 0.864 bits per heavy atom. The normalized spacial score (nSPS) is 14.0. The number of rotatable bonds is 17. The third-order valence-electron chi connectivity index (χ3n) is 3.97. The summed E-state index contributed by atoms with van der Waals surface area (Å²) in [5.41, 5.74) is -1.67. The van der Waals surface area contributed by atoms with Crippen LogP contribution in [-0.2, 0) is 4.74 Å². The molecule has 0 rings (SSSR count). The van der Waals surface area contributed by atoms with Crippen molar-refractivity contribution >= 4 is 0 Å². The van der Waals surface area contributed by atoms with Crippen molar-refractivity contribution in [1.29, 1.82) is 0 Å². The molecule has 5 heteroatoms. The second-order valence-corrected chi connectivity index (χ2v) is 6.09. The lowest BCUT2D eigenvalue weighted by Crippen LogP contribution is -2.28. The Hall–Kier alpha value is -0.520. The summed E-state index contributed by atoms with van der Waals surface area (Å²) < 4.78 is 5.41. The second-order valence-electron chi connectivity index (χ2n) is 6.09. The van der Waals surface area contributed by atoms with Gasteiger partial charge in [0.2, 0.25) is 5.72 Å². The van der Waals surface area contributed by atoms with Crippen molar-refractivity contribution in [3.05, 3.63) is 4.91 Å². The van der Waals surface area contributed by atoms with Crippen molar-refractivity contribution in [3.8, 4) is 0 Å². The Balaban J connectivity index is 3.25. The molecule has 0 aliphatic carbocycles. The van der Waals surface area contributed by atoms with E-state index in [1.807, 2.05) is 0 Å². The second kappa shape index (κ2) is 15.4. The van der Waals surface area contributed by atoms with Gasteiger partial charge < -0.3 is 14.9 Å². The molecule has 0 radical (unpaired) electrons. The van der Waals surface area contributed by atoms with E-state index in [1.165, 1.54) is 57.8 Å². The molecule has 0 spiro atoms. The number of aliphatic hydroxyl groups is 2. The van der Waals surface area contributed by atoms with E-state index >= 15 is 0 Å². The van der Waals surface area contributed by atoms with Crippen LogP contribution in [0, 0.1) is 4.91 Å². The van der Waals surface area contributed by atoms with Gasteiger partial charge in [-0.2, -0.15) is 0 Å². The molecule has 0 bridgehead atoms. The molecule has 0 saturated heterocycles. The topological polar surface area (TPSA) is 79.1 Å². The third kappa shape index (κ3) is 13.2. The summed E-state index contributed by atoms with van der Waals surface area (Å²) >= 11 is 0. The van der Waals surface area contributed by atoms with Gasteiger partial charge >= 0.3 is 0 Å². The molecule has 0 fully saturated rings. The van der Waals surface area contributed by atoms with Crippen LogP contribution >= 0.6 is 0 Å². The summed E-state index contributed by atoms with van der Waals surface area (Å²) in [5, 5.41) is 21.1. The lowest BCUT2D eigenvalue weighted by molar-refractivity contribution is -0.0121. The van der Waals surface area contributed by atoms with E-state index in [0.717, 1.165) is 6.42 Å². The van der Waals surface area contributed by atoms with Gasteiger partial charge in [-0.1, -0.05) is 64.7 Å². The first-order valence-electron chi connectivity index (χ1n) is 8.94. The molecule has 0 heterocycles. The van der Waals surface area contributed by atoms with Gasteiger partial charge in [0.25, 0.3) is 0 Å². The Morgan fingerprint density at radius 3 is 1.91 bits per heavy atom. The standard InChI is InChI=1S/C17H35NO4/c1-2-3-4-5-6-7-8-9-10-11-15-22-16-13-17(20,18-21)12-14-19/h19-20H,2-16H2,1H3. The van der Waals surface area contributed by atoms with Crippen molar-refractivity contribution in [2.24, 2.45) is 5.18 Å². The average molecular weight is 317 g/mol. The van der Waals surface area contributed by atoms with Gasteiger partial charge in [-0.25, -0.2) is 0 Å². The van der Waals surface area contributed by atoms with Gasteiger partial charge in [-0.3, -0.25) is 0 Å². The van der Waals surface area contributed by atoms with E-state index in [2.05, 4.69) is 12.1 Å². The smallest absolute Gasteiger partial charge is 0.201 e. The molecule has 0 aliphatic rings. The van der Waals surface area contributed by atoms with Crippen LogP contribution in [0.3, 0.4) is 0 Å². The van der Waals surface area contributed by atoms with Crippen LogP contribution in [0.2, 0.25) is 0 Å². The monoisotopic (exact) mass is 317 g/mol. The van der Waals surface area contributed by atoms with Crippen LogP contribution in [0.25, 0.3) is 0 Å². The quantitative estimate of drug-likeness (QED) is 0.312. The minimum absolute atomic E-state index is 0.0296. The van der Waals surface area contributed by atoms with Gasteiger partial charge in [-0.15, -0.1) is 4.91 Å². The lowest BCUT2D eigenvalue weighted by Gasteiger charge is -2.18. The largest absolute Gasteiger partial charge is 0.396 e. The van der Waals surface area contributed by atoms with Crippen molar-refractivity contribution in [2.75, 3.05) is 19.8 Å². The first kappa shape index (κ1) is 21.5. The van der Waals surface area contributed by atoms with Gasteiger partial charge in [0, 0.05) is 26.1 Å². The number of hydrogen-bond acceptors (Lipinski definition) is 5. The van der Waals surface area contributed by atoms with Crippen LogP contribution in [0.4, 0.5) is 0 Å². The average Bonchev–Trinajstić information content (AvgIpc) is 2.52. The zero-order chi connectivity index (χ0) is 16.5. The first-order chi connectivity index (χ1) is 10.7. The summed E-state index contributed by atoms with van der Waals surface area (Å²) in [6.07, 6.45) is 13.0. The Morgan fingerprint density at radius 2 is 1.41 bits per heavy atom. The van der Waals surface area contributed by atoms with Crippen LogP contribution in [0.1, 0.15) is 84.0 Å². The van der Waals surface area contributed by atoms with Crippen LogP contribution in [0.15, 0.2) is 5.18 Å². The summed E-state index contributed by atoms with van der Waals surface area (Å²) in [4.78, 5) is 10.5. The van der Waals surface area contributed by atoms with Crippen LogP contribution < -0.4 is 0 Å². The number of ether oxygens (including phenoxy) is 1. The van der Waals surface area contributed by atoms with E-state index in [0.29, 0.717) is 13.2 Å². The molecule has 0 aliphatic heterocycles. The number of hydrogen-bond donors (Lipinski definition) is 2. The maximum Gasteiger partial charge on any atom is 0.201 e. The van der Waals surface area contributed by atoms with Crippen molar-refractivity contribution < 1.29 is 14.9 Å². The van der Waals surface area contributed by atoms with Crippen LogP contribution in [0.5, 0.6) is 0 Å². The third-order valence-corrected chi connectivity index (χ3v) is 3.97. The molecular formula is C17H35NO4. The zero-order valence-electron chi connectivity index (χ0n) is 14.3. The molecule has 0 aromatic heterocycles. The van der Waals surface area contributed by atoms with Gasteiger partial charge in [0.15, 0.2) is 0 Å². The van der Waals surface area contributed by atoms with Crippen LogP contribution in [-0.4, -0.2) is 35.8 Å². The molecule has 0 saturated carbocycles. The highest BCUT2D eigenvalue weighted by Crippen LogP contribution is 2.16. The predicted molar refractivity (Wildman–Crippen MR) is 89.7 cm³/mol. The maximum absolute atomic E-state index is 10.5. The molecule has 2 N–H and O–H groups in total. The number of nitrogens with zero attached hydrogens (tertiary/aromatic N) is 1. The van der Waals surface area contributed by atoms with E-state index in [4.69, 9.17) is 9.84 Å². The van der Waals surface area contributed by atoms with Crippen molar-refractivity contribution in [2.45, 2.75) is 89.7 Å². The molecule has 1 atom stereocenters. The summed E-state index contributed by atoms with van der Waals surface area (Å²) in [7, 11) is 0. The van der Waals surface area contributed by atoms with Gasteiger partial charge in [0.1, 0.15) is 0 Å². The molecule has 132 valence electrons. The van der Waals surface area contributed by atoms with Crippen molar-refractivity contribution in [1.82, 2.24) is 0 Å². The van der Waals surface area contributed by atoms with Gasteiger partial charge in [-0.05, 0) is 11.6 Å². The van der Waals surface area contributed by atoms with E-state index in [9.17, 15) is 10.0 Å². The Bertz CT molecular complexity index is 251. The Labute approximate surface area is 135 Å². The summed E-state index contributed by atoms with van der Waals surface area (Å²) in [6.45, 7) is 2.95. The maximum atomic E-state index is 10.5. The summed E-state index contributed by atoms with van der Waals surface area (Å²) in [5.74, 6) is 0. The summed E-state index contributed by atoms with van der Waals surface area (Å²) in [6, 6.07) is 0. The molecular weight excluding hydrogens is 282 g/mol. The van der Waals surface area contributed by atoms with E-state index in [-0.39, 0.29) is 19.4 Å². The predicted octanol–water partition coefficient (Wildman–Crippen LogP) is 4.15. The molecule has 0 amide bonds. The van der Waals surface area contributed by atoms with Crippen molar-refractivity contribution in [3.63, 3.8) is 0 Å². The molecule has 22 heavy (non-hydrogen) atoms. The highest BCUT2D eigenvalue weighted by molar-refractivity contribution is 4.74. The number of unbranched alkanes of at least 4 members (excludes halogenated alkanes) is 9. The Kier molecular flexibility index (Phi) is 15.0. The molecule has 5 nitrogen and oxygen atoms in total. The van der Waals surface area contributed by atoms with Gasteiger partial charge in [0.05, 0.1) is 6.61 Å². The first-order valence-corrected chi connectivity index (χ1v) is 8.94. The number of aliphatic hydroxyl groups excluding tert-OH is 1. The minimum atomic E-state index is -1.67.